The van der Waals surface area contributed by atoms with E-state index < -0.39 is 63.9 Å². The molecule has 2 aliphatic heterocycles. The number of nitrogen functional groups attached to an aromatic ring is 2. The molecule has 528 valence electrons. The van der Waals surface area contributed by atoms with E-state index >= 15 is 8.78 Å². The number of anilines is 5. The standard InChI is InChI=1S/C23H19F3N4O2S2.C22H20ClN5O4S2.C22H20FN5O4S2/c1-23(2,3)22-29-20(21(33-22)17-9-10-27-12-28-17)14-5-4-6-16(19(14)26)30-34(31,32)18-11-13(24)7-8-15(18)25;2*23-18-15(2-1-3-16(18)28-34(29,30)14-7-11-32-12-14)19-20(17-4-8-25-22(24)26-17)33-21(27-19)13-5-9-31-10-6-13/h4-12,30H,1-3H3;2*1-4,7-8,11-13,28H,5-6,9-10H2,(H2,24,25,26). The third-order valence-electron chi connectivity index (χ3n) is 15.6. The molecular formula is C67H59ClF4N14O10S6. The predicted molar refractivity (Wildman–Crippen MR) is 380 cm³/mol. The summed E-state index contributed by atoms with van der Waals surface area (Å²) < 4.78 is 162. The zero-order chi connectivity index (χ0) is 72.1. The number of hydrogen-bond donors (Lipinski definition) is 5. The molecule has 10 heterocycles. The second kappa shape index (κ2) is 30.5. The molecule has 2 aliphatic rings. The van der Waals surface area contributed by atoms with Gasteiger partial charge in [0.1, 0.15) is 45.2 Å². The van der Waals surface area contributed by atoms with Gasteiger partial charge in [0, 0.05) is 79.0 Å². The average molecular weight is 1520 g/mol. The molecule has 0 aliphatic carbocycles. The first kappa shape index (κ1) is 72.1. The number of nitrogens with one attached hydrogen (secondary N) is 3. The summed E-state index contributed by atoms with van der Waals surface area (Å²) in [6.07, 6.45) is 14.1. The predicted octanol–water partition coefficient (Wildman–Crippen LogP) is 14.8. The summed E-state index contributed by atoms with van der Waals surface area (Å²) in [5, 5.41) is 2.74. The molecule has 102 heavy (non-hydrogen) atoms. The fraction of sp³-hybridized carbons (Fsp3) is 0.209. The third kappa shape index (κ3) is 16.3. The van der Waals surface area contributed by atoms with Gasteiger partial charge in [-0.15, -0.1) is 34.0 Å². The number of rotatable bonds is 17. The van der Waals surface area contributed by atoms with Crippen molar-refractivity contribution in [1.82, 2.24) is 44.9 Å². The lowest BCUT2D eigenvalue weighted by Gasteiger charge is -2.19. The van der Waals surface area contributed by atoms with Crippen LogP contribution in [-0.2, 0) is 45.0 Å². The topological polar surface area (TPSA) is 351 Å². The maximum Gasteiger partial charge on any atom is 0.265 e. The van der Waals surface area contributed by atoms with E-state index in [0.29, 0.717) is 82.3 Å². The molecule has 35 heteroatoms. The van der Waals surface area contributed by atoms with Crippen molar-refractivity contribution in [3.8, 4) is 65.5 Å². The molecule has 0 spiro atoms. The Kier molecular flexibility index (Phi) is 21.6. The van der Waals surface area contributed by atoms with Gasteiger partial charge in [-0.3, -0.25) is 14.2 Å². The number of benzene rings is 4. The van der Waals surface area contributed by atoms with Crippen LogP contribution >= 0.6 is 45.6 Å². The van der Waals surface area contributed by atoms with Gasteiger partial charge < -0.3 is 29.8 Å². The van der Waals surface area contributed by atoms with Gasteiger partial charge in [-0.2, -0.15) is 0 Å². The SMILES string of the molecule is CC(C)(C)c1nc(-c2cccc(NS(=O)(=O)c3cc(F)ccc3F)c2F)c(-c2ccncn2)s1.Nc1nccc(-c2sc(C3CCOCC3)nc2-c2cccc(NS(=O)(=O)c3ccoc3)c2Cl)n1.Nc1nccc(-c2sc(C3CCOCC3)nc2-c2cccc(NS(=O)(=O)c3ccoc3)c2F)n1. The summed E-state index contributed by atoms with van der Waals surface area (Å²) in [5.74, 6) is -3.09. The first-order chi connectivity index (χ1) is 48.8. The van der Waals surface area contributed by atoms with E-state index in [1.807, 2.05) is 25.5 Å². The molecule has 12 aromatic rings. The number of nitrogens with two attached hydrogens (primary N) is 2. The molecule has 7 N–H and O–H groups in total. The maximum absolute atomic E-state index is 15.7. The molecular weight excluding hydrogens is 1460 g/mol. The summed E-state index contributed by atoms with van der Waals surface area (Å²) in [7, 11) is -12.5. The number of aromatic nitrogens is 9. The number of thiazole rings is 3. The van der Waals surface area contributed by atoms with Crippen LogP contribution in [0.2, 0.25) is 5.02 Å². The highest BCUT2D eigenvalue weighted by molar-refractivity contribution is 7.93. The van der Waals surface area contributed by atoms with Crippen molar-refractivity contribution in [2.45, 2.75) is 78.4 Å². The van der Waals surface area contributed by atoms with Gasteiger partial charge in [0.25, 0.3) is 30.1 Å². The molecule has 4 aromatic carbocycles. The molecule has 2 saturated heterocycles. The zero-order valence-electron chi connectivity index (χ0n) is 53.8. The lowest BCUT2D eigenvalue weighted by Crippen LogP contribution is -2.16. The smallest absolute Gasteiger partial charge is 0.265 e. The molecule has 0 amide bonds. The summed E-state index contributed by atoms with van der Waals surface area (Å²) in [4.78, 5) is 40.1. The van der Waals surface area contributed by atoms with E-state index in [0.717, 1.165) is 64.2 Å². The van der Waals surface area contributed by atoms with Crippen LogP contribution in [0.4, 0.5) is 46.5 Å². The van der Waals surface area contributed by atoms with Crippen LogP contribution in [0, 0.1) is 23.3 Å². The minimum absolute atomic E-state index is 0.00146. The average Bonchev–Trinajstić information content (AvgIpc) is 1.58. The van der Waals surface area contributed by atoms with Crippen molar-refractivity contribution in [2.24, 2.45) is 0 Å². The first-order valence-electron chi connectivity index (χ1n) is 30.9. The van der Waals surface area contributed by atoms with Crippen molar-refractivity contribution in [3.05, 3.63) is 196 Å². The Morgan fingerprint density at radius 2 is 0.980 bits per heavy atom. The Balaban J connectivity index is 0.000000144. The molecule has 24 nitrogen and oxygen atoms in total. The number of nitrogens with zero attached hydrogens (tertiary/aromatic N) is 9. The Morgan fingerprint density at radius 3 is 1.46 bits per heavy atom. The quantitative estimate of drug-likeness (QED) is 0.0529. The van der Waals surface area contributed by atoms with E-state index in [1.54, 1.807) is 60.9 Å². The number of sulfonamides is 3. The van der Waals surface area contributed by atoms with Crippen LogP contribution in [0.1, 0.15) is 73.3 Å². The summed E-state index contributed by atoms with van der Waals surface area (Å²) in [5.41, 5.74) is 14.6. The van der Waals surface area contributed by atoms with Crippen molar-refractivity contribution in [3.63, 3.8) is 0 Å². The van der Waals surface area contributed by atoms with Gasteiger partial charge in [0.05, 0.1) is 98.4 Å². The number of halogens is 5. The summed E-state index contributed by atoms with van der Waals surface area (Å²) >= 11 is 11.0. The first-order valence-corrected chi connectivity index (χ1v) is 38.2. The minimum atomic E-state index is -4.61. The normalized spacial score (nSPS) is 13.9. The Hall–Kier alpha value is -9.65. The summed E-state index contributed by atoms with van der Waals surface area (Å²) in [6.45, 7) is 8.53. The largest absolute Gasteiger partial charge is 0.471 e. The molecule has 0 atom stereocenters. The van der Waals surface area contributed by atoms with E-state index in [9.17, 15) is 34.0 Å². The molecule has 14 rings (SSSR count). The second-order valence-electron chi connectivity index (χ2n) is 23.7. The van der Waals surface area contributed by atoms with Crippen LogP contribution in [0.5, 0.6) is 0 Å². The van der Waals surface area contributed by atoms with E-state index in [4.69, 9.17) is 51.3 Å². The van der Waals surface area contributed by atoms with Crippen LogP contribution in [0.15, 0.2) is 177 Å². The van der Waals surface area contributed by atoms with Gasteiger partial charge in [-0.1, -0.05) is 56.6 Å². The molecule has 0 saturated carbocycles. The van der Waals surface area contributed by atoms with Gasteiger partial charge in [0.15, 0.2) is 11.6 Å². The fourth-order valence-electron chi connectivity index (χ4n) is 10.5. The maximum atomic E-state index is 15.7. The second-order valence-corrected chi connectivity index (χ2v) is 32.1. The fourth-order valence-corrected chi connectivity index (χ4v) is 17.5. The number of furan rings is 2. The van der Waals surface area contributed by atoms with Gasteiger partial charge in [-0.25, -0.2) is 87.7 Å². The molecule has 0 unspecified atom stereocenters. The number of hydrogen-bond acceptors (Lipinski definition) is 24. The molecule has 0 radical (unpaired) electrons. The van der Waals surface area contributed by atoms with Crippen LogP contribution in [0.25, 0.3) is 65.5 Å². The lowest BCUT2D eigenvalue weighted by atomic mass is 9.98. The van der Waals surface area contributed by atoms with Gasteiger partial charge in [-0.05, 0) is 105 Å². The van der Waals surface area contributed by atoms with Crippen LogP contribution in [-0.4, -0.2) is 96.5 Å². The third-order valence-corrected chi connectivity index (χ3v) is 24.1. The van der Waals surface area contributed by atoms with Crippen molar-refractivity contribution < 1.29 is 61.1 Å². The highest BCUT2D eigenvalue weighted by Crippen LogP contribution is 2.47. The summed E-state index contributed by atoms with van der Waals surface area (Å²) in [6, 6.07) is 23.5. The Morgan fingerprint density at radius 1 is 0.520 bits per heavy atom. The highest BCUT2D eigenvalue weighted by Gasteiger charge is 2.32. The van der Waals surface area contributed by atoms with Crippen molar-refractivity contribution in [1.29, 1.82) is 0 Å². The minimum Gasteiger partial charge on any atom is -0.471 e. The zero-order valence-corrected chi connectivity index (χ0v) is 59.5. The van der Waals surface area contributed by atoms with Crippen LogP contribution in [0.3, 0.4) is 0 Å². The van der Waals surface area contributed by atoms with Gasteiger partial charge >= 0.3 is 0 Å². The number of ether oxygens (including phenoxy) is 2. The molecule has 8 aromatic heterocycles. The highest BCUT2D eigenvalue weighted by atomic mass is 35.5. The van der Waals surface area contributed by atoms with E-state index in [-0.39, 0.29) is 72.2 Å². The molecule has 0 bridgehead atoms. The van der Waals surface area contributed by atoms with Gasteiger partial charge in [0.2, 0.25) is 11.9 Å². The molecule has 2 fully saturated rings. The lowest BCUT2D eigenvalue weighted by molar-refractivity contribution is 0.0852. The van der Waals surface area contributed by atoms with Crippen molar-refractivity contribution in [2.75, 3.05) is 52.1 Å². The van der Waals surface area contributed by atoms with E-state index in [2.05, 4.69) is 44.3 Å². The van der Waals surface area contributed by atoms with Crippen LogP contribution < -0.4 is 25.6 Å². The monoisotopic (exact) mass is 1520 g/mol. The van der Waals surface area contributed by atoms with E-state index in [1.165, 1.54) is 95.5 Å². The Bertz CT molecular complexity index is 5140. The van der Waals surface area contributed by atoms with Crippen molar-refractivity contribution >= 4 is 105 Å². The Labute approximate surface area is 598 Å².